The SMILES string of the molecule is COC1(C(F)(F)F)c2ccccc2Sc2c1ccc1c2c(C(=O)C(F)(F)F)cc2c(C(F)(F)F)c3cc(C)ccc3nc21. The summed E-state index contributed by atoms with van der Waals surface area (Å²) < 4.78 is 136. The third-order valence-electron chi connectivity index (χ3n) is 7.50. The number of benzene rings is 4. The average Bonchev–Trinajstić information content (AvgIpc) is 2.91. The number of fused-ring (bicyclic) bond motifs is 7. The Balaban J connectivity index is 1.88. The second-order valence-corrected chi connectivity index (χ2v) is 11.1. The van der Waals surface area contributed by atoms with Gasteiger partial charge in [-0.3, -0.25) is 4.79 Å². The number of carbonyl (C=O) groups excluding carboxylic acids is 1. The number of alkyl halides is 9. The molecular formula is C30H16F9NO2S. The summed E-state index contributed by atoms with van der Waals surface area (Å²) in [4.78, 5) is 16.8. The molecule has 1 aliphatic heterocycles. The number of aryl methyl sites for hydroxylation is 1. The zero-order chi connectivity index (χ0) is 31.3. The number of ketones is 1. The Morgan fingerprint density at radius 2 is 1.53 bits per heavy atom. The van der Waals surface area contributed by atoms with Crippen molar-refractivity contribution in [2.75, 3.05) is 7.11 Å². The van der Waals surface area contributed by atoms with Crippen LogP contribution in [0.2, 0.25) is 0 Å². The number of hydrogen-bond donors (Lipinski definition) is 0. The molecule has 6 rings (SSSR count). The highest BCUT2D eigenvalue weighted by Crippen LogP contribution is 2.59. The van der Waals surface area contributed by atoms with Gasteiger partial charge < -0.3 is 4.74 Å². The van der Waals surface area contributed by atoms with Crippen LogP contribution in [-0.2, 0) is 16.5 Å². The van der Waals surface area contributed by atoms with E-state index in [0.717, 1.165) is 19.2 Å². The van der Waals surface area contributed by atoms with E-state index in [4.69, 9.17) is 4.74 Å². The smallest absolute Gasteiger partial charge is 0.360 e. The van der Waals surface area contributed by atoms with Crippen molar-refractivity contribution in [2.45, 2.75) is 40.8 Å². The molecule has 222 valence electrons. The quantitative estimate of drug-likeness (QED) is 0.0848. The lowest BCUT2D eigenvalue weighted by Gasteiger charge is -2.40. The van der Waals surface area contributed by atoms with Crippen LogP contribution in [-0.4, -0.2) is 30.2 Å². The van der Waals surface area contributed by atoms with Gasteiger partial charge in [0.15, 0.2) is 0 Å². The van der Waals surface area contributed by atoms with Crippen LogP contribution in [0, 0.1) is 6.92 Å². The van der Waals surface area contributed by atoms with E-state index in [9.17, 15) is 44.3 Å². The van der Waals surface area contributed by atoms with Crippen molar-refractivity contribution in [3.63, 3.8) is 0 Å². The number of carbonyl (C=O) groups is 1. The summed E-state index contributed by atoms with van der Waals surface area (Å²) in [6, 6.07) is 11.6. The molecule has 0 spiro atoms. The molecule has 1 aromatic heterocycles. The van der Waals surface area contributed by atoms with Crippen molar-refractivity contribution < 1.29 is 49.0 Å². The normalized spacial score (nSPS) is 17.4. The molecule has 43 heavy (non-hydrogen) atoms. The number of halogens is 9. The second kappa shape index (κ2) is 9.33. The molecule has 4 aromatic carbocycles. The van der Waals surface area contributed by atoms with E-state index in [1.807, 2.05) is 0 Å². The first-order chi connectivity index (χ1) is 20.0. The van der Waals surface area contributed by atoms with Gasteiger partial charge in [-0.1, -0.05) is 53.7 Å². The molecule has 3 nitrogen and oxygen atoms in total. The van der Waals surface area contributed by atoms with Crippen LogP contribution in [0.15, 0.2) is 70.5 Å². The van der Waals surface area contributed by atoms with Crippen LogP contribution >= 0.6 is 11.8 Å². The van der Waals surface area contributed by atoms with Gasteiger partial charge in [-0.2, -0.15) is 39.5 Å². The minimum Gasteiger partial charge on any atom is -0.360 e. The van der Waals surface area contributed by atoms with Gasteiger partial charge in [0.05, 0.1) is 16.6 Å². The van der Waals surface area contributed by atoms with Gasteiger partial charge in [-0.05, 0) is 31.2 Å². The summed E-state index contributed by atoms with van der Waals surface area (Å²) in [6.07, 6.45) is -15.8. The first-order valence-corrected chi connectivity index (χ1v) is 13.2. The molecule has 0 bridgehead atoms. The predicted octanol–water partition coefficient (Wildman–Crippen LogP) is 9.53. The number of Topliss-reactive ketones (excluding diaryl/α,β-unsaturated/α-hetero) is 1. The lowest BCUT2D eigenvalue weighted by Crippen LogP contribution is -2.47. The number of hydrogen-bond acceptors (Lipinski definition) is 4. The third-order valence-corrected chi connectivity index (χ3v) is 8.70. The number of aromatic nitrogens is 1. The maximum atomic E-state index is 14.9. The maximum Gasteiger partial charge on any atom is 0.454 e. The van der Waals surface area contributed by atoms with Crippen molar-refractivity contribution in [1.82, 2.24) is 4.98 Å². The Morgan fingerprint density at radius 1 is 0.837 bits per heavy atom. The van der Waals surface area contributed by atoms with E-state index in [1.165, 1.54) is 49.4 Å². The Kier molecular flexibility index (Phi) is 6.34. The summed E-state index contributed by atoms with van der Waals surface area (Å²) in [5.41, 5.74) is -6.78. The Labute approximate surface area is 240 Å². The van der Waals surface area contributed by atoms with Gasteiger partial charge in [-0.25, -0.2) is 4.98 Å². The highest BCUT2D eigenvalue weighted by Gasteiger charge is 2.61. The first-order valence-electron chi connectivity index (χ1n) is 12.4. The lowest BCUT2D eigenvalue weighted by molar-refractivity contribution is -0.260. The fourth-order valence-electron chi connectivity index (χ4n) is 5.76. The van der Waals surface area contributed by atoms with E-state index in [0.29, 0.717) is 23.4 Å². The molecule has 13 heteroatoms. The highest BCUT2D eigenvalue weighted by atomic mass is 32.2. The third kappa shape index (κ3) is 4.19. The van der Waals surface area contributed by atoms with Crippen molar-refractivity contribution in [1.29, 1.82) is 0 Å². The van der Waals surface area contributed by atoms with E-state index in [-0.39, 0.29) is 21.4 Å². The van der Waals surface area contributed by atoms with Crippen molar-refractivity contribution in [3.05, 3.63) is 88.5 Å². The van der Waals surface area contributed by atoms with E-state index in [2.05, 4.69) is 4.98 Å². The van der Waals surface area contributed by atoms with Crippen LogP contribution < -0.4 is 0 Å². The summed E-state index contributed by atoms with van der Waals surface area (Å²) in [5.74, 6) is -2.51. The summed E-state index contributed by atoms with van der Waals surface area (Å²) >= 11 is 0.662. The molecule has 0 radical (unpaired) electrons. The van der Waals surface area contributed by atoms with Gasteiger partial charge in [0.2, 0.25) is 5.60 Å². The van der Waals surface area contributed by atoms with Crippen LogP contribution in [0.3, 0.4) is 0 Å². The van der Waals surface area contributed by atoms with Crippen LogP contribution in [0.1, 0.15) is 32.6 Å². The summed E-state index contributed by atoms with van der Waals surface area (Å²) in [5, 5.41) is -2.15. The number of nitrogens with zero attached hydrogens (tertiary/aromatic N) is 1. The molecule has 0 aliphatic carbocycles. The lowest BCUT2D eigenvalue weighted by atomic mass is 9.82. The average molecular weight is 626 g/mol. The summed E-state index contributed by atoms with van der Waals surface area (Å²) in [6.45, 7) is 1.52. The zero-order valence-corrected chi connectivity index (χ0v) is 22.7. The Hall–Kier alpha value is -3.84. The molecule has 1 atom stereocenters. The zero-order valence-electron chi connectivity index (χ0n) is 21.8. The van der Waals surface area contributed by atoms with Crippen molar-refractivity contribution in [3.8, 4) is 0 Å². The molecule has 0 amide bonds. The van der Waals surface area contributed by atoms with E-state index in [1.54, 1.807) is 0 Å². The monoisotopic (exact) mass is 625 g/mol. The van der Waals surface area contributed by atoms with Crippen molar-refractivity contribution in [2.24, 2.45) is 0 Å². The number of rotatable bonds is 2. The van der Waals surface area contributed by atoms with E-state index < -0.39 is 73.2 Å². The van der Waals surface area contributed by atoms with Crippen LogP contribution in [0.5, 0.6) is 0 Å². The van der Waals surface area contributed by atoms with Gasteiger partial charge in [0.25, 0.3) is 5.78 Å². The van der Waals surface area contributed by atoms with Crippen LogP contribution in [0.25, 0.3) is 32.6 Å². The molecule has 1 unspecified atom stereocenters. The van der Waals surface area contributed by atoms with Gasteiger partial charge in [-0.15, -0.1) is 0 Å². The fraction of sp³-hybridized carbons (Fsp3) is 0.200. The molecule has 0 N–H and O–H groups in total. The van der Waals surface area contributed by atoms with Crippen molar-refractivity contribution >= 4 is 50.1 Å². The molecular weight excluding hydrogens is 609 g/mol. The van der Waals surface area contributed by atoms with Crippen LogP contribution in [0.4, 0.5) is 39.5 Å². The second-order valence-electron chi connectivity index (χ2n) is 10.00. The Bertz CT molecular complexity index is 2000. The molecule has 0 saturated heterocycles. The standard InChI is InChI=1S/C30H16F9NO2S/c1-13-7-10-20-15(11-13)23(28(31,32)33)17-12-16(26(41)29(34,35)36)22-14(24(17)40-20)8-9-19-25(22)43-21-6-4-3-5-18(21)27(19,42-2)30(37,38)39/h3-12H,1-2H3. The number of methoxy groups -OCH3 is 1. The fourth-order valence-corrected chi connectivity index (χ4v) is 7.10. The van der Waals surface area contributed by atoms with Gasteiger partial charge in [0.1, 0.15) is 0 Å². The molecule has 1 aliphatic rings. The highest BCUT2D eigenvalue weighted by molar-refractivity contribution is 7.99. The van der Waals surface area contributed by atoms with Gasteiger partial charge in [0, 0.05) is 55.1 Å². The minimum atomic E-state index is -5.57. The van der Waals surface area contributed by atoms with Gasteiger partial charge >= 0.3 is 18.5 Å². The number of ether oxygens (including phenoxy) is 1. The number of pyridine rings is 1. The molecule has 5 aromatic rings. The minimum absolute atomic E-state index is 0.0230. The molecule has 0 saturated carbocycles. The molecule has 0 fully saturated rings. The predicted molar refractivity (Wildman–Crippen MR) is 141 cm³/mol. The molecule has 2 heterocycles. The first kappa shape index (κ1) is 29.2. The Morgan fingerprint density at radius 3 is 2.16 bits per heavy atom. The summed E-state index contributed by atoms with van der Waals surface area (Å²) in [7, 11) is 0.793. The van der Waals surface area contributed by atoms with E-state index >= 15 is 0 Å². The topological polar surface area (TPSA) is 39.2 Å². The largest absolute Gasteiger partial charge is 0.454 e. The maximum absolute atomic E-state index is 14.9.